The van der Waals surface area contributed by atoms with Crippen LogP contribution in [0.4, 0.5) is 0 Å². The topological polar surface area (TPSA) is 105 Å². The first kappa shape index (κ1) is 16.9. The van der Waals surface area contributed by atoms with E-state index in [0.717, 1.165) is 0 Å². The molecule has 0 radical (unpaired) electrons. The Balaban J connectivity index is 2.10. The van der Waals surface area contributed by atoms with Gasteiger partial charge in [0.2, 0.25) is 0 Å². The Bertz CT molecular complexity index is 815. The standard InChI is InChI=1S/C18H18O7/c1-23-14-7-9(3-4-11(14)20)17-10(8-19)15-13(25-17)6-5-12(21)16(15)18(22)24-2/h3-7,10,17,19-21H,8H2,1-2H3. The summed E-state index contributed by atoms with van der Waals surface area (Å²) in [6.45, 7) is -0.311. The van der Waals surface area contributed by atoms with Gasteiger partial charge in [-0.05, 0) is 29.8 Å². The SMILES string of the molecule is COC(=O)c1c(O)ccc2c1C(CO)C(c1ccc(O)c(OC)c1)O2. The molecule has 1 aliphatic heterocycles. The number of carbonyl (C=O) groups excluding carboxylic acids is 1. The minimum Gasteiger partial charge on any atom is -0.507 e. The van der Waals surface area contributed by atoms with Crippen LogP contribution in [0.15, 0.2) is 30.3 Å². The number of fused-ring (bicyclic) bond motifs is 1. The van der Waals surface area contributed by atoms with Crippen LogP contribution >= 0.6 is 0 Å². The van der Waals surface area contributed by atoms with E-state index < -0.39 is 18.0 Å². The van der Waals surface area contributed by atoms with Crippen LogP contribution < -0.4 is 9.47 Å². The summed E-state index contributed by atoms with van der Waals surface area (Å²) in [4.78, 5) is 12.1. The molecule has 7 heteroatoms. The number of benzene rings is 2. The molecular weight excluding hydrogens is 328 g/mol. The fourth-order valence-corrected chi connectivity index (χ4v) is 3.11. The van der Waals surface area contributed by atoms with Crippen LogP contribution in [0.3, 0.4) is 0 Å². The Morgan fingerprint density at radius 1 is 1.16 bits per heavy atom. The fourth-order valence-electron chi connectivity index (χ4n) is 3.11. The third-order valence-electron chi connectivity index (χ3n) is 4.29. The molecule has 0 saturated heterocycles. The maximum atomic E-state index is 12.1. The molecule has 0 fully saturated rings. The minimum atomic E-state index is -0.708. The highest BCUT2D eigenvalue weighted by Gasteiger charge is 2.40. The first-order valence-corrected chi connectivity index (χ1v) is 7.60. The van der Waals surface area contributed by atoms with Gasteiger partial charge in [0, 0.05) is 5.56 Å². The van der Waals surface area contributed by atoms with Crippen LogP contribution in [-0.2, 0) is 4.74 Å². The molecule has 3 rings (SSSR count). The Hall–Kier alpha value is -2.93. The van der Waals surface area contributed by atoms with Gasteiger partial charge in [0.05, 0.1) is 26.7 Å². The number of aliphatic hydroxyl groups is 1. The molecular formula is C18H18O7. The van der Waals surface area contributed by atoms with Crippen LogP contribution in [0.2, 0.25) is 0 Å². The number of carbonyl (C=O) groups is 1. The van der Waals surface area contributed by atoms with Crippen molar-refractivity contribution < 1.29 is 34.3 Å². The molecule has 1 heterocycles. The molecule has 1 aliphatic rings. The second-order valence-corrected chi connectivity index (χ2v) is 5.62. The van der Waals surface area contributed by atoms with Crippen molar-refractivity contribution >= 4 is 5.97 Å². The van der Waals surface area contributed by atoms with Crippen molar-refractivity contribution in [3.05, 3.63) is 47.0 Å². The molecule has 0 spiro atoms. The van der Waals surface area contributed by atoms with E-state index in [1.54, 1.807) is 12.1 Å². The van der Waals surface area contributed by atoms with E-state index in [4.69, 9.17) is 14.2 Å². The van der Waals surface area contributed by atoms with Crippen molar-refractivity contribution in [2.45, 2.75) is 12.0 Å². The lowest BCUT2D eigenvalue weighted by Crippen LogP contribution is -2.15. The summed E-state index contributed by atoms with van der Waals surface area (Å²) in [7, 11) is 2.65. The van der Waals surface area contributed by atoms with E-state index in [9.17, 15) is 20.1 Å². The largest absolute Gasteiger partial charge is 0.507 e. The molecule has 2 aromatic carbocycles. The Morgan fingerprint density at radius 3 is 2.52 bits per heavy atom. The zero-order valence-electron chi connectivity index (χ0n) is 13.7. The smallest absolute Gasteiger partial charge is 0.342 e. The van der Waals surface area contributed by atoms with Crippen molar-refractivity contribution in [3.8, 4) is 23.0 Å². The summed E-state index contributed by atoms with van der Waals surface area (Å²) in [6, 6.07) is 7.60. The van der Waals surface area contributed by atoms with Gasteiger partial charge in [-0.25, -0.2) is 4.79 Å². The molecule has 2 atom stereocenters. The molecule has 0 bridgehead atoms. The number of phenols is 2. The van der Waals surface area contributed by atoms with Gasteiger partial charge in [-0.2, -0.15) is 0 Å². The van der Waals surface area contributed by atoms with Gasteiger partial charge in [-0.1, -0.05) is 6.07 Å². The Kier molecular flexibility index (Phi) is 4.41. The highest BCUT2D eigenvalue weighted by molar-refractivity contribution is 5.95. The quantitative estimate of drug-likeness (QED) is 0.728. The van der Waals surface area contributed by atoms with Crippen molar-refractivity contribution in [1.82, 2.24) is 0 Å². The number of rotatable bonds is 4. The first-order chi connectivity index (χ1) is 12.0. The van der Waals surface area contributed by atoms with E-state index in [1.165, 1.54) is 32.4 Å². The average Bonchev–Trinajstić information content (AvgIpc) is 3.00. The number of hydrogen-bond donors (Lipinski definition) is 3. The molecule has 0 amide bonds. The van der Waals surface area contributed by atoms with Gasteiger partial charge in [0.1, 0.15) is 23.2 Å². The number of hydrogen-bond acceptors (Lipinski definition) is 7. The molecule has 0 aliphatic carbocycles. The average molecular weight is 346 g/mol. The third-order valence-corrected chi connectivity index (χ3v) is 4.29. The highest BCUT2D eigenvalue weighted by Crippen LogP contribution is 2.50. The summed E-state index contributed by atoms with van der Waals surface area (Å²) in [5, 5.41) is 29.7. The summed E-state index contributed by atoms with van der Waals surface area (Å²) < 4.78 is 15.8. The lowest BCUT2D eigenvalue weighted by Gasteiger charge is -2.19. The van der Waals surface area contributed by atoms with E-state index in [2.05, 4.69) is 0 Å². The normalized spacial score (nSPS) is 18.4. The lowest BCUT2D eigenvalue weighted by molar-refractivity contribution is 0.0595. The van der Waals surface area contributed by atoms with Crippen molar-refractivity contribution in [2.24, 2.45) is 0 Å². The zero-order valence-corrected chi connectivity index (χ0v) is 13.7. The summed E-state index contributed by atoms with van der Waals surface area (Å²) in [5.41, 5.74) is 1.03. The molecule has 7 nitrogen and oxygen atoms in total. The molecule has 0 saturated carbocycles. The second kappa shape index (κ2) is 6.52. The summed E-state index contributed by atoms with van der Waals surface area (Å²) in [6.07, 6.45) is -0.611. The van der Waals surface area contributed by atoms with Crippen LogP contribution in [0, 0.1) is 0 Å². The summed E-state index contributed by atoms with van der Waals surface area (Å²) >= 11 is 0. The fraction of sp³-hybridized carbons (Fsp3) is 0.278. The molecule has 3 N–H and O–H groups in total. The van der Waals surface area contributed by atoms with Gasteiger partial charge in [-0.15, -0.1) is 0 Å². The van der Waals surface area contributed by atoms with Gasteiger partial charge >= 0.3 is 5.97 Å². The van der Waals surface area contributed by atoms with Crippen LogP contribution in [0.25, 0.3) is 0 Å². The van der Waals surface area contributed by atoms with E-state index in [-0.39, 0.29) is 29.4 Å². The monoisotopic (exact) mass is 346 g/mol. The maximum absolute atomic E-state index is 12.1. The number of methoxy groups -OCH3 is 2. The minimum absolute atomic E-state index is 0.0183. The highest BCUT2D eigenvalue weighted by atomic mass is 16.5. The van der Waals surface area contributed by atoms with E-state index in [0.29, 0.717) is 16.9 Å². The Labute approximate surface area is 144 Å². The second-order valence-electron chi connectivity index (χ2n) is 5.62. The molecule has 25 heavy (non-hydrogen) atoms. The van der Waals surface area contributed by atoms with Crippen molar-refractivity contribution in [3.63, 3.8) is 0 Å². The number of ether oxygens (including phenoxy) is 3. The number of esters is 1. The van der Waals surface area contributed by atoms with E-state index in [1.807, 2.05) is 0 Å². The van der Waals surface area contributed by atoms with Gasteiger partial charge in [0.15, 0.2) is 11.5 Å². The third kappa shape index (κ3) is 2.72. The summed E-state index contributed by atoms with van der Waals surface area (Å²) in [5.74, 6) is -0.906. The maximum Gasteiger partial charge on any atom is 0.342 e. The molecule has 2 aromatic rings. The van der Waals surface area contributed by atoms with Crippen LogP contribution in [-0.4, -0.2) is 42.1 Å². The van der Waals surface area contributed by atoms with Crippen LogP contribution in [0.5, 0.6) is 23.0 Å². The number of phenolic OH excluding ortho intramolecular Hbond substituents is 2. The zero-order chi connectivity index (χ0) is 18.1. The van der Waals surface area contributed by atoms with Crippen molar-refractivity contribution in [2.75, 3.05) is 20.8 Å². The first-order valence-electron chi connectivity index (χ1n) is 7.60. The van der Waals surface area contributed by atoms with Crippen LogP contribution in [0.1, 0.15) is 33.5 Å². The van der Waals surface area contributed by atoms with Gasteiger partial charge < -0.3 is 29.5 Å². The predicted octanol–water partition coefficient (Wildman–Crippen LogP) is 2.10. The Morgan fingerprint density at radius 2 is 1.88 bits per heavy atom. The predicted molar refractivity (Wildman–Crippen MR) is 87.3 cm³/mol. The van der Waals surface area contributed by atoms with Gasteiger partial charge in [-0.3, -0.25) is 0 Å². The number of aromatic hydroxyl groups is 2. The lowest BCUT2D eigenvalue weighted by atomic mass is 9.88. The molecule has 132 valence electrons. The molecule has 2 unspecified atom stereocenters. The molecule has 0 aromatic heterocycles. The number of aliphatic hydroxyl groups excluding tert-OH is 1. The van der Waals surface area contributed by atoms with Gasteiger partial charge in [0.25, 0.3) is 0 Å². The van der Waals surface area contributed by atoms with Crippen molar-refractivity contribution in [1.29, 1.82) is 0 Å². The van der Waals surface area contributed by atoms with E-state index >= 15 is 0 Å².